The van der Waals surface area contributed by atoms with Gasteiger partial charge in [0, 0.05) is 25.4 Å². The van der Waals surface area contributed by atoms with Crippen LogP contribution in [0.4, 0.5) is 0 Å². The molecule has 86 valence electrons. The smallest absolute Gasteiger partial charge is 0.134 e. The molecule has 16 heavy (non-hydrogen) atoms. The number of nitrogens with one attached hydrogen (secondary N) is 1. The molecule has 0 saturated heterocycles. The minimum atomic E-state index is 0.372. The van der Waals surface area contributed by atoms with Gasteiger partial charge in [0.1, 0.15) is 5.78 Å². The maximum Gasteiger partial charge on any atom is 0.134 e. The highest BCUT2D eigenvalue weighted by atomic mass is 16.1. The monoisotopic (exact) mass is 217 g/mol. The SMILES string of the molecule is O=C(CCNC1CC1)CCc1ccccc1. The van der Waals surface area contributed by atoms with E-state index >= 15 is 0 Å². The topological polar surface area (TPSA) is 29.1 Å². The Morgan fingerprint density at radius 1 is 1.19 bits per heavy atom. The number of aryl methyl sites for hydroxylation is 1. The third-order valence-electron chi connectivity index (χ3n) is 2.95. The lowest BCUT2D eigenvalue weighted by Crippen LogP contribution is -2.20. The van der Waals surface area contributed by atoms with Gasteiger partial charge in [0.2, 0.25) is 0 Å². The maximum absolute atomic E-state index is 11.6. The quantitative estimate of drug-likeness (QED) is 0.759. The first-order valence-corrected chi connectivity index (χ1v) is 6.13. The van der Waals surface area contributed by atoms with Crippen LogP contribution in [-0.4, -0.2) is 18.4 Å². The van der Waals surface area contributed by atoms with E-state index in [0.29, 0.717) is 24.7 Å². The van der Waals surface area contributed by atoms with Gasteiger partial charge in [0.05, 0.1) is 0 Å². The fourth-order valence-corrected chi connectivity index (χ4v) is 1.76. The lowest BCUT2D eigenvalue weighted by Gasteiger charge is -2.02. The van der Waals surface area contributed by atoms with E-state index in [1.54, 1.807) is 0 Å². The van der Waals surface area contributed by atoms with Crippen LogP contribution in [0.25, 0.3) is 0 Å². The van der Waals surface area contributed by atoms with Crippen molar-refractivity contribution in [2.45, 2.75) is 38.1 Å². The van der Waals surface area contributed by atoms with Crippen LogP contribution in [-0.2, 0) is 11.2 Å². The van der Waals surface area contributed by atoms with E-state index < -0.39 is 0 Å². The summed E-state index contributed by atoms with van der Waals surface area (Å²) in [6.07, 6.45) is 4.82. The summed E-state index contributed by atoms with van der Waals surface area (Å²) < 4.78 is 0. The summed E-state index contributed by atoms with van der Waals surface area (Å²) in [5.74, 6) is 0.372. The van der Waals surface area contributed by atoms with Crippen molar-refractivity contribution in [3.8, 4) is 0 Å². The van der Waals surface area contributed by atoms with Crippen LogP contribution in [0.1, 0.15) is 31.2 Å². The normalized spacial score (nSPS) is 15.0. The summed E-state index contributed by atoms with van der Waals surface area (Å²) in [5.41, 5.74) is 1.26. The third-order valence-corrected chi connectivity index (χ3v) is 2.95. The molecule has 2 heteroatoms. The van der Waals surface area contributed by atoms with Gasteiger partial charge in [-0.2, -0.15) is 0 Å². The van der Waals surface area contributed by atoms with Crippen LogP contribution in [0.3, 0.4) is 0 Å². The van der Waals surface area contributed by atoms with Crippen molar-refractivity contribution >= 4 is 5.78 Å². The Labute approximate surface area is 97.1 Å². The second kappa shape index (κ2) is 5.80. The van der Waals surface area contributed by atoms with Crippen molar-refractivity contribution in [2.24, 2.45) is 0 Å². The van der Waals surface area contributed by atoms with Crippen LogP contribution in [0.5, 0.6) is 0 Å². The fourth-order valence-electron chi connectivity index (χ4n) is 1.76. The molecular formula is C14H19NO. The van der Waals surface area contributed by atoms with E-state index in [1.165, 1.54) is 18.4 Å². The standard InChI is InChI=1S/C14H19NO/c16-14(10-11-15-13-7-8-13)9-6-12-4-2-1-3-5-12/h1-5,13,15H,6-11H2. The lowest BCUT2D eigenvalue weighted by atomic mass is 10.1. The molecule has 1 aliphatic carbocycles. The van der Waals surface area contributed by atoms with Gasteiger partial charge in [0.25, 0.3) is 0 Å². The van der Waals surface area contributed by atoms with Gasteiger partial charge in [-0.05, 0) is 24.8 Å². The van der Waals surface area contributed by atoms with Gasteiger partial charge in [-0.1, -0.05) is 30.3 Å². The molecule has 0 heterocycles. The highest BCUT2D eigenvalue weighted by Crippen LogP contribution is 2.18. The lowest BCUT2D eigenvalue weighted by molar-refractivity contribution is -0.118. The second-order valence-corrected chi connectivity index (χ2v) is 4.50. The summed E-state index contributed by atoms with van der Waals surface area (Å²) in [6, 6.07) is 10.9. The first-order chi connectivity index (χ1) is 7.84. The zero-order chi connectivity index (χ0) is 11.2. The van der Waals surface area contributed by atoms with Crippen LogP contribution in [0.15, 0.2) is 30.3 Å². The third kappa shape index (κ3) is 4.15. The van der Waals surface area contributed by atoms with E-state index in [4.69, 9.17) is 0 Å². The minimum Gasteiger partial charge on any atom is -0.314 e. The van der Waals surface area contributed by atoms with Crippen molar-refractivity contribution in [1.82, 2.24) is 5.32 Å². The molecule has 1 aromatic rings. The van der Waals surface area contributed by atoms with Crippen molar-refractivity contribution in [3.63, 3.8) is 0 Å². The van der Waals surface area contributed by atoms with Crippen molar-refractivity contribution in [2.75, 3.05) is 6.54 Å². The van der Waals surface area contributed by atoms with E-state index in [-0.39, 0.29) is 0 Å². The first kappa shape index (κ1) is 11.3. The summed E-state index contributed by atoms with van der Waals surface area (Å²) in [4.78, 5) is 11.6. The van der Waals surface area contributed by atoms with Crippen LogP contribution >= 0.6 is 0 Å². The molecule has 0 spiro atoms. The molecule has 0 radical (unpaired) electrons. The number of rotatable bonds is 7. The molecule has 0 aliphatic heterocycles. The number of benzene rings is 1. The number of ketones is 1. The van der Waals surface area contributed by atoms with Gasteiger partial charge >= 0.3 is 0 Å². The van der Waals surface area contributed by atoms with E-state index in [2.05, 4.69) is 17.4 Å². The summed E-state index contributed by atoms with van der Waals surface area (Å²) in [6.45, 7) is 0.859. The van der Waals surface area contributed by atoms with Gasteiger partial charge in [-0.25, -0.2) is 0 Å². The molecule has 0 aromatic heterocycles. The molecule has 1 fully saturated rings. The molecule has 2 nitrogen and oxygen atoms in total. The Kier molecular flexibility index (Phi) is 4.11. The van der Waals surface area contributed by atoms with Gasteiger partial charge < -0.3 is 5.32 Å². The Bertz CT molecular complexity index is 330. The molecule has 0 bridgehead atoms. The van der Waals surface area contributed by atoms with E-state index in [1.807, 2.05) is 18.2 Å². The van der Waals surface area contributed by atoms with Gasteiger partial charge in [-0.3, -0.25) is 4.79 Å². The van der Waals surface area contributed by atoms with Crippen molar-refractivity contribution < 1.29 is 4.79 Å². The zero-order valence-corrected chi connectivity index (χ0v) is 9.61. The molecule has 1 saturated carbocycles. The highest BCUT2D eigenvalue weighted by Gasteiger charge is 2.19. The average Bonchev–Trinajstić information content (AvgIpc) is 3.12. The summed E-state index contributed by atoms with van der Waals surface area (Å²) >= 11 is 0. The summed E-state index contributed by atoms with van der Waals surface area (Å²) in [5, 5.41) is 3.36. The van der Waals surface area contributed by atoms with Crippen LogP contribution < -0.4 is 5.32 Å². The van der Waals surface area contributed by atoms with Crippen molar-refractivity contribution in [1.29, 1.82) is 0 Å². The molecule has 1 N–H and O–H groups in total. The molecule has 1 aliphatic rings. The summed E-state index contributed by atoms with van der Waals surface area (Å²) in [7, 11) is 0. The number of hydrogen-bond donors (Lipinski definition) is 1. The van der Waals surface area contributed by atoms with Crippen LogP contribution in [0.2, 0.25) is 0 Å². The van der Waals surface area contributed by atoms with Crippen LogP contribution in [0, 0.1) is 0 Å². The van der Waals surface area contributed by atoms with Gasteiger partial charge in [0.15, 0.2) is 0 Å². The van der Waals surface area contributed by atoms with E-state index in [9.17, 15) is 4.79 Å². The maximum atomic E-state index is 11.6. The molecule has 0 atom stereocenters. The number of hydrogen-bond acceptors (Lipinski definition) is 2. The Morgan fingerprint density at radius 2 is 1.94 bits per heavy atom. The molecule has 2 rings (SSSR count). The number of carbonyl (C=O) groups is 1. The second-order valence-electron chi connectivity index (χ2n) is 4.50. The molecule has 1 aromatic carbocycles. The minimum absolute atomic E-state index is 0.372. The molecule has 0 amide bonds. The predicted octanol–water partition coefficient (Wildman–Crippen LogP) is 2.33. The Hall–Kier alpha value is -1.15. The molecular weight excluding hydrogens is 198 g/mol. The molecule has 0 unspecified atom stereocenters. The van der Waals surface area contributed by atoms with Gasteiger partial charge in [-0.15, -0.1) is 0 Å². The average molecular weight is 217 g/mol. The van der Waals surface area contributed by atoms with E-state index in [0.717, 1.165) is 13.0 Å². The number of carbonyl (C=O) groups excluding carboxylic acids is 1. The highest BCUT2D eigenvalue weighted by molar-refractivity contribution is 5.78. The first-order valence-electron chi connectivity index (χ1n) is 6.13. The van der Waals surface area contributed by atoms with Crippen molar-refractivity contribution in [3.05, 3.63) is 35.9 Å². The largest absolute Gasteiger partial charge is 0.314 e. The predicted molar refractivity (Wildman–Crippen MR) is 65.4 cm³/mol. The number of Topliss-reactive ketones (excluding diaryl/α,β-unsaturated/α-hetero) is 1. The zero-order valence-electron chi connectivity index (χ0n) is 9.61. The Balaban J connectivity index is 1.59. The fraction of sp³-hybridized carbons (Fsp3) is 0.500. The Morgan fingerprint density at radius 3 is 2.62 bits per heavy atom.